The standard InChI is InChI=1S/C20H32N4/c1-16(2)19-21-14-18(15-22-19)24-10-8-23(9-11-24)17-12-20(13-17)6-4-3-5-7-20/h14-17H,3-13H2,1-2H3. The van der Waals surface area contributed by atoms with Crippen LogP contribution in [-0.4, -0.2) is 47.1 Å². The van der Waals surface area contributed by atoms with Crippen LogP contribution in [0.3, 0.4) is 0 Å². The van der Waals surface area contributed by atoms with Gasteiger partial charge in [0.25, 0.3) is 0 Å². The second kappa shape index (κ2) is 6.62. The molecule has 4 rings (SSSR count). The van der Waals surface area contributed by atoms with Crippen molar-refractivity contribution in [3.05, 3.63) is 18.2 Å². The Morgan fingerprint density at radius 2 is 1.58 bits per heavy atom. The van der Waals surface area contributed by atoms with E-state index in [0.717, 1.165) is 30.4 Å². The highest BCUT2D eigenvalue weighted by atomic mass is 15.3. The monoisotopic (exact) mass is 328 g/mol. The van der Waals surface area contributed by atoms with E-state index in [1.54, 1.807) is 0 Å². The number of aromatic nitrogens is 2. The van der Waals surface area contributed by atoms with Crippen LogP contribution in [-0.2, 0) is 0 Å². The SMILES string of the molecule is CC(C)c1ncc(N2CCN(C3CC4(CCCCC4)C3)CC2)cn1. The third kappa shape index (κ3) is 3.17. The first-order chi connectivity index (χ1) is 11.7. The van der Waals surface area contributed by atoms with E-state index in [1.165, 1.54) is 63.7 Å². The minimum absolute atomic E-state index is 0.404. The van der Waals surface area contributed by atoms with Gasteiger partial charge in [-0.05, 0) is 31.1 Å². The zero-order chi connectivity index (χ0) is 16.6. The van der Waals surface area contributed by atoms with Crippen LogP contribution in [0.15, 0.2) is 12.4 Å². The highest BCUT2D eigenvalue weighted by Gasteiger charge is 2.46. The lowest BCUT2D eigenvalue weighted by atomic mass is 9.58. The molecule has 0 N–H and O–H groups in total. The lowest BCUT2D eigenvalue weighted by molar-refractivity contribution is -0.0270. The van der Waals surface area contributed by atoms with Crippen LogP contribution in [0.5, 0.6) is 0 Å². The predicted octanol–water partition coefficient (Wildman–Crippen LogP) is 3.83. The predicted molar refractivity (Wildman–Crippen MR) is 98.4 cm³/mol. The average molecular weight is 329 g/mol. The van der Waals surface area contributed by atoms with Crippen molar-refractivity contribution in [2.24, 2.45) is 5.41 Å². The number of hydrogen-bond donors (Lipinski definition) is 0. The Bertz CT molecular complexity index is 531. The maximum atomic E-state index is 4.53. The molecule has 0 radical (unpaired) electrons. The first-order valence-corrected chi connectivity index (χ1v) is 9.96. The van der Waals surface area contributed by atoms with E-state index in [9.17, 15) is 0 Å². The normalized spacial score (nSPS) is 25.2. The van der Waals surface area contributed by atoms with Crippen molar-refractivity contribution in [1.82, 2.24) is 14.9 Å². The van der Waals surface area contributed by atoms with Gasteiger partial charge in [0.15, 0.2) is 0 Å². The van der Waals surface area contributed by atoms with Gasteiger partial charge in [-0.3, -0.25) is 4.90 Å². The first kappa shape index (κ1) is 16.3. The first-order valence-electron chi connectivity index (χ1n) is 9.96. The number of rotatable bonds is 3. The minimum atomic E-state index is 0.404. The van der Waals surface area contributed by atoms with Crippen LogP contribution in [0.25, 0.3) is 0 Å². The van der Waals surface area contributed by atoms with E-state index >= 15 is 0 Å². The molecule has 2 heterocycles. The largest absolute Gasteiger partial charge is 0.366 e. The minimum Gasteiger partial charge on any atom is -0.366 e. The van der Waals surface area contributed by atoms with Crippen molar-refractivity contribution >= 4 is 5.69 Å². The summed E-state index contributed by atoms with van der Waals surface area (Å²) in [6, 6.07) is 0.866. The zero-order valence-corrected chi connectivity index (χ0v) is 15.4. The Labute approximate surface area is 146 Å². The van der Waals surface area contributed by atoms with E-state index in [2.05, 4.69) is 33.6 Å². The molecule has 0 amide bonds. The maximum absolute atomic E-state index is 4.53. The number of hydrogen-bond acceptors (Lipinski definition) is 4. The fourth-order valence-electron chi connectivity index (χ4n) is 5.05. The molecule has 1 aliphatic heterocycles. The molecule has 2 aliphatic carbocycles. The van der Waals surface area contributed by atoms with Crippen LogP contribution in [0.4, 0.5) is 5.69 Å². The van der Waals surface area contributed by atoms with Gasteiger partial charge in [0.05, 0.1) is 18.1 Å². The van der Waals surface area contributed by atoms with E-state index in [-0.39, 0.29) is 0 Å². The summed E-state index contributed by atoms with van der Waals surface area (Å²) in [5, 5.41) is 0. The molecule has 1 spiro atoms. The Hall–Kier alpha value is -1.16. The fourth-order valence-corrected chi connectivity index (χ4v) is 5.05. The summed E-state index contributed by atoms with van der Waals surface area (Å²) in [7, 11) is 0. The van der Waals surface area contributed by atoms with Gasteiger partial charge in [-0.25, -0.2) is 9.97 Å². The van der Waals surface area contributed by atoms with E-state index in [1.807, 2.05) is 12.4 Å². The molecule has 1 aromatic heterocycles. The van der Waals surface area contributed by atoms with Crippen LogP contribution in [0, 0.1) is 5.41 Å². The van der Waals surface area contributed by atoms with Crippen molar-refractivity contribution in [2.45, 2.75) is 70.8 Å². The van der Waals surface area contributed by atoms with Crippen molar-refractivity contribution in [3.8, 4) is 0 Å². The van der Waals surface area contributed by atoms with Gasteiger partial charge in [0.2, 0.25) is 0 Å². The number of piperazine rings is 1. The molecule has 1 aromatic rings. The van der Waals surface area contributed by atoms with Crippen molar-refractivity contribution < 1.29 is 0 Å². The Kier molecular flexibility index (Phi) is 4.50. The third-order valence-electron chi connectivity index (χ3n) is 6.62. The summed E-state index contributed by atoms with van der Waals surface area (Å²) >= 11 is 0. The van der Waals surface area contributed by atoms with E-state index in [4.69, 9.17) is 0 Å². The molecule has 3 fully saturated rings. The highest BCUT2D eigenvalue weighted by Crippen LogP contribution is 2.53. The van der Waals surface area contributed by atoms with Gasteiger partial charge in [0, 0.05) is 38.1 Å². The highest BCUT2D eigenvalue weighted by molar-refractivity contribution is 5.42. The Balaban J connectivity index is 1.28. The number of nitrogens with zero attached hydrogens (tertiary/aromatic N) is 4. The molecule has 0 unspecified atom stereocenters. The molecule has 1 saturated heterocycles. The molecule has 2 saturated carbocycles. The molecule has 4 heteroatoms. The molecule has 0 bridgehead atoms. The lowest BCUT2D eigenvalue weighted by Gasteiger charge is -2.55. The van der Waals surface area contributed by atoms with Crippen molar-refractivity contribution in [3.63, 3.8) is 0 Å². The zero-order valence-electron chi connectivity index (χ0n) is 15.4. The quantitative estimate of drug-likeness (QED) is 0.844. The van der Waals surface area contributed by atoms with Crippen molar-refractivity contribution in [1.29, 1.82) is 0 Å². The molecule has 132 valence electrons. The van der Waals surface area contributed by atoms with E-state index < -0.39 is 0 Å². The summed E-state index contributed by atoms with van der Waals surface area (Å²) in [5.74, 6) is 1.35. The van der Waals surface area contributed by atoms with Gasteiger partial charge < -0.3 is 4.90 Å². The molecule has 3 aliphatic rings. The molecule has 4 nitrogen and oxygen atoms in total. The number of anilines is 1. The van der Waals surface area contributed by atoms with Gasteiger partial charge in [-0.2, -0.15) is 0 Å². The molecular weight excluding hydrogens is 296 g/mol. The van der Waals surface area contributed by atoms with Gasteiger partial charge in [0.1, 0.15) is 5.82 Å². The third-order valence-corrected chi connectivity index (χ3v) is 6.62. The summed E-state index contributed by atoms with van der Waals surface area (Å²) in [6.45, 7) is 8.93. The second-order valence-corrected chi connectivity index (χ2v) is 8.60. The summed E-state index contributed by atoms with van der Waals surface area (Å²) in [4.78, 5) is 14.3. The van der Waals surface area contributed by atoms with Crippen LogP contribution < -0.4 is 4.90 Å². The Morgan fingerprint density at radius 3 is 2.17 bits per heavy atom. The van der Waals surface area contributed by atoms with Gasteiger partial charge in [-0.15, -0.1) is 0 Å². The Morgan fingerprint density at radius 1 is 0.958 bits per heavy atom. The summed E-state index contributed by atoms with van der Waals surface area (Å²) < 4.78 is 0. The van der Waals surface area contributed by atoms with Crippen LogP contribution in [0.2, 0.25) is 0 Å². The average Bonchev–Trinajstić information content (AvgIpc) is 2.60. The smallest absolute Gasteiger partial charge is 0.130 e. The molecule has 0 atom stereocenters. The van der Waals surface area contributed by atoms with Gasteiger partial charge >= 0.3 is 0 Å². The second-order valence-electron chi connectivity index (χ2n) is 8.60. The molecule has 24 heavy (non-hydrogen) atoms. The topological polar surface area (TPSA) is 32.3 Å². The summed E-state index contributed by atoms with van der Waals surface area (Å²) in [5.41, 5.74) is 1.94. The summed E-state index contributed by atoms with van der Waals surface area (Å²) in [6.07, 6.45) is 14.4. The maximum Gasteiger partial charge on any atom is 0.130 e. The molecule has 0 aromatic carbocycles. The van der Waals surface area contributed by atoms with Crippen LogP contribution in [0.1, 0.15) is 70.5 Å². The van der Waals surface area contributed by atoms with Gasteiger partial charge in [-0.1, -0.05) is 33.1 Å². The fraction of sp³-hybridized carbons (Fsp3) is 0.800. The van der Waals surface area contributed by atoms with E-state index in [0.29, 0.717) is 5.92 Å². The lowest BCUT2D eigenvalue weighted by Crippen LogP contribution is -2.57. The molecular formula is C20H32N4. The van der Waals surface area contributed by atoms with Crippen LogP contribution >= 0.6 is 0 Å². The van der Waals surface area contributed by atoms with Crippen molar-refractivity contribution in [2.75, 3.05) is 31.1 Å².